The number of aromatic nitrogens is 2. The lowest BCUT2D eigenvalue weighted by atomic mass is 9.94. The van der Waals surface area contributed by atoms with Crippen LogP contribution in [0.3, 0.4) is 0 Å². The van der Waals surface area contributed by atoms with Gasteiger partial charge in [-0.05, 0) is 42.5 Å². The number of alkyl halides is 1. The van der Waals surface area contributed by atoms with Gasteiger partial charge in [-0.1, -0.05) is 0 Å². The van der Waals surface area contributed by atoms with Crippen molar-refractivity contribution in [3.8, 4) is 11.1 Å². The highest BCUT2D eigenvalue weighted by Gasteiger charge is 2.42. The quantitative estimate of drug-likeness (QED) is 0.604. The van der Waals surface area contributed by atoms with Crippen LogP contribution >= 0.6 is 23.4 Å². The zero-order valence-corrected chi connectivity index (χ0v) is 14.0. The molecule has 4 heteroatoms. The Morgan fingerprint density at radius 1 is 0.909 bits per heavy atom. The summed E-state index contributed by atoms with van der Waals surface area (Å²) in [5.74, 6) is 0. The van der Waals surface area contributed by atoms with Gasteiger partial charge in [0.1, 0.15) is 0 Å². The van der Waals surface area contributed by atoms with Crippen LogP contribution in [-0.2, 0) is 0 Å². The van der Waals surface area contributed by atoms with Crippen molar-refractivity contribution in [2.75, 3.05) is 0 Å². The van der Waals surface area contributed by atoms with E-state index in [4.69, 9.17) is 11.6 Å². The van der Waals surface area contributed by atoms with Gasteiger partial charge in [0.25, 0.3) is 0 Å². The lowest BCUT2D eigenvalue weighted by Gasteiger charge is -2.39. The lowest BCUT2D eigenvalue weighted by molar-refractivity contribution is -0.723. The maximum Gasteiger partial charge on any atom is 0.170 e. The molecule has 0 radical (unpaired) electrons. The van der Waals surface area contributed by atoms with Crippen molar-refractivity contribution in [2.45, 2.75) is 47.6 Å². The van der Waals surface area contributed by atoms with Crippen LogP contribution in [0.2, 0.25) is 0 Å². The normalized spacial score (nSPS) is 31.0. The number of hydrogen-bond donors (Lipinski definition) is 0. The van der Waals surface area contributed by atoms with Gasteiger partial charge in [0.05, 0.1) is 5.25 Å². The predicted molar refractivity (Wildman–Crippen MR) is 92.2 cm³/mol. The SMILES string of the molecule is Cl[C@@H]1CCC2S[C@@H]1CCC2[n+]1ccc(-c2ccncc2)cc1. The fourth-order valence-electron chi connectivity index (χ4n) is 3.68. The second kappa shape index (κ2) is 6.21. The van der Waals surface area contributed by atoms with Crippen LogP contribution in [0.25, 0.3) is 11.1 Å². The van der Waals surface area contributed by atoms with E-state index in [1.165, 1.54) is 36.8 Å². The van der Waals surface area contributed by atoms with Gasteiger partial charge in [-0.2, -0.15) is 0 Å². The molecule has 22 heavy (non-hydrogen) atoms. The van der Waals surface area contributed by atoms with Crippen molar-refractivity contribution in [3.05, 3.63) is 49.1 Å². The molecular weight excluding hydrogens is 312 g/mol. The Hall–Kier alpha value is -1.06. The standard InChI is InChI=1S/C18H20ClN2S/c19-15-1-3-18-16(2-4-17(15)22-18)21-11-7-14(8-12-21)13-5-9-20-10-6-13/h5-12,15-18H,1-4H2/q+1/t15-,16?,17-,18?/m1/s1. The van der Waals surface area contributed by atoms with Gasteiger partial charge in [-0.25, -0.2) is 4.57 Å². The highest BCUT2D eigenvalue weighted by Crippen LogP contribution is 2.46. The molecule has 2 bridgehead atoms. The van der Waals surface area contributed by atoms with Gasteiger partial charge in [0, 0.05) is 41.6 Å². The summed E-state index contributed by atoms with van der Waals surface area (Å²) in [6.07, 6.45) is 13.1. The van der Waals surface area contributed by atoms with E-state index in [2.05, 4.69) is 58.0 Å². The maximum absolute atomic E-state index is 6.43. The molecule has 2 unspecified atom stereocenters. The highest BCUT2D eigenvalue weighted by molar-refractivity contribution is 8.00. The molecule has 4 rings (SSSR count). The second-order valence-electron chi connectivity index (χ2n) is 6.22. The van der Waals surface area contributed by atoms with Crippen LogP contribution in [0.15, 0.2) is 49.1 Å². The average Bonchev–Trinajstić information content (AvgIpc) is 2.60. The Morgan fingerprint density at radius 3 is 2.36 bits per heavy atom. The Labute approximate surface area is 140 Å². The first-order chi connectivity index (χ1) is 10.8. The van der Waals surface area contributed by atoms with Gasteiger partial charge >= 0.3 is 0 Å². The third kappa shape index (κ3) is 2.77. The Bertz CT molecular complexity index is 631. The van der Waals surface area contributed by atoms with Crippen molar-refractivity contribution in [1.82, 2.24) is 4.98 Å². The monoisotopic (exact) mass is 331 g/mol. The minimum absolute atomic E-state index is 0.390. The van der Waals surface area contributed by atoms with Crippen LogP contribution in [0, 0.1) is 0 Å². The first-order valence-corrected chi connectivity index (χ1v) is 9.40. The van der Waals surface area contributed by atoms with Crippen molar-refractivity contribution in [1.29, 1.82) is 0 Å². The van der Waals surface area contributed by atoms with E-state index in [1.54, 1.807) is 0 Å². The number of halogens is 1. The first-order valence-electron chi connectivity index (χ1n) is 8.02. The number of fused-ring (bicyclic) bond motifs is 2. The van der Waals surface area contributed by atoms with Crippen molar-refractivity contribution >= 4 is 23.4 Å². The molecule has 0 amide bonds. The summed E-state index contributed by atoms with van der Waals surface area (Å²) in [5.41, 5.74) is 2.48. The summed E-state index contributed by atoms with van der Waals surface area (Å²) in [6, 6.07) is 9.18. The number of pyridine rings is 2. The van der Waals surface area contributed by atoms with Gasteiger partial charge in [0.2, 0.25) is 0 Å². The fourth-order valence-corrected chi connectivity index (χ4v) is 5.87. The summed E-state index contributed by atoms with van der Waals surface area (Å²) in [5, 5.41) is 1.79. The number of rotatable bonds is 2. The molecule has 2 aliphatic heterocycles. The molecule has 2 nitrogen and oxygen atoms in total. The molecule has 2 aromatic rings. The fraction of sp³-hybridized carbons (Fsp3) is 0.444. The zero-order valence-electron chi connectivity index (χ0n) is 12.4. The molecule has 0 saturated carbocycles. The Kier molecular flexibility index (Phi) is 4.10. The summed E-state index contributed by atoms with van der Waals surface area (Å²) in [6.45, 7) is 0. The number of nitrogens with zero attached hydrogens (tertiary/aromatic N) is 2. The lowest BCUT2D eigenvalue weighted by Crippen LogP contribution is -2.49. The van der Waals surface area contributed by atoms with E-state index in [-0.39, 0.29) is 0 Å². The summed E-state index contributed by atoms with van der Waals surface area (Å²) in [7, 11) is 0. The molecule has 0 aliphatic carbocycles. The van der Waals surface area contributed by atoms with Crippen molar-refractivity contribution in [2.24, 2.45) is 0 Å². The van der Waals surface area contributed by atoms with Gasteiger partial charge in [-0.15, -0.1) is 23.4 Å². The molecule has 2 saturated heterocycles. The van der Waals surface area contributed by atoms with E-state index >= 15 is 0 Å². The molecule has 2 fully saturated rings. The van der Waals surface area contributed by atoms with Crippen LogP contribution in [0.1, 0.15) is 31.7 Å². The minimum Gasteiger partial charge on any atom is -0.265 e. The topological polar surface area (TPSA) is 16.8 Å². The smallest absolute Gasteiger partial charge is 0.170 e. The van der Waals surface area contributed by atoms with E-state index in [9.17, 15) is 0 Å². The van der Waals surface area contributed by atoms with Crippen LogP contribution < -0.4 is 4.57 Å². The van der Waals surface area contributed by atoms with E-state index in [1.807, 2.05) is 12.4 Å². The van der Waals surface area contributed by atoms with Gasteiger partial charge in [-0.3, -0.25) is 4.98 Å². The van der Waals surface area contributed by atoms with Crippen LogP contribution in [0.5, 0.6) is 0 Å². The third-order valence-corrected chi connectivity index (χ3v) is 7.39. The predicted octanol–water partition coefficient (Wildman–Crippen LogP) is 4.24. The molecule has 0 N–H and O–H groups in total. The molecule has 4 atom stereocenters. The van der Waals surface area contributed by atoms with Crippen molar-refractivity contribution in [3.63, 3.8) is 0 Å². The highest BCUT2D eigenvalue weighted by atomic mass is 35.5. The zero-order chi connectivity index (χ0) is 14.9. The molecule has 2 aromatic heterocycles. The molecule has 2 aliphatic rings. The molecular formula is C18H20ClN2S+. The molecule has 0 spiro atoms. The first kappa shape index (κ1) is 14.5. The average molecular weight is 332 g/mol. The van der Waals surface area contributed by atoms with Gasteiger partial charge in [0.15, 0.2) is 18.4 Å². The van der Waals surface area contributed by atoms with E-state index in [0.717, 1.165) is 5.25 Å². The maximum atomic E-state index is 6.43. The molecule has 114 valence electrons. The molecule has 4 heterocycles. The second-order valence-corrected chi connectivity index (χ2v) is 8.26. The Balaban J connectivity index is 1.54. The minimum atomic E-state index is 0.390. The number of thioether (sulfide) groups is 1. The molecule has 0 aromatic carbocycles. The summed E-state index contributed by atoms with van der Waals surface area (Å²) < 4.78 is 2.41. The third-order valence-electron chi connectivity index (χ3n) is 4.91. The van der Waals surface area contributed by atoms with Gasteiger partial charge < -0.3 is 0 Å². The van der Waals surface area contributed by atoms with E-state index < -0.39 is 0 Å². The van der Waals surface area contributed by atoms with Crippen LogP contribution in [0.4, 0.5) is 0 Å². The summed E-state index contributed by atoms with van der Waals surface area (Å²) >= 11 is 8.56. The Morgan fingerprint density at radius 2 is 1.59 bits per heavy atom. The largest absolute Gasteiger partial charge is 0.265 e. The van der Waals surface area contributed by atoms with Crippen molar-refractivity contribution < 1.29 is 4.57 Å². The number of hydrogen-bond acceptors (Lipinski definition) is 2. The van der Waals surface area contributed by atoms with E-state index in [0.29, 0.717) is 16.7 Å². The summed E-state index contributed by atoms with van der Waals surface area (Å²) in [4.78, 5) is 4.08. The van der Waals surface area contributed by atoms with Crippen LogP contribution in [-0.4, -0.2) is 20.9 Å².